The monoisotopic (exact) mass is 492 g/mol. The number of hydrogen-bond acceptors (Lipinski definition) is 8. The lowest BCUT2D eigenvalue weighted by Crippen LogP contribution is -2.61. The van der Waals surface area contributed by atoms with Crippen molar-refractivity contribution in [1.29, 1.82) is 0 Å². The van der Waals surface area contributed by atoms with Crippen molar-refractivity contribution in [3.8, 4) is 21.7 Å². The Kier molecular flexibility index (Phi) is 4.84. The number of nitrogens with zero attached hydrogens (tertiary/aromatic N) is 5. The number of H-pyrrole nitrogens is 2. The third-order valence-corrected chi connectivity index (χ3v) is 8.75. The molecule has 0 amide bonds. The Morgan fingerprint density at radius 2 is 1.74 bits per heavy atom. The lowest BCUT2D eigenvalue weighted by molar-refractivity contribution is 0.161. The molecule has 176 valence electrons. The Hall–Kier alpha value is -2.82. The largest absolute Gasteiger partial charge is 0.348 e. The number of piperidine rings is 1. The van der Waals surface area contributed by atoms with E-state index >= 15 is 0 Å². The predicted molar refractivity (Wildman–Crippen MR) is 141 cm³/mol. The molecule has 0 atom stereocenters. The van der Waals surface area contributed by atoms with E-state index in [1.165, 1.54) is 0 Å². The van der Waals surface area contributed by atoms with Crippen LogP contribution in [-0.4, -0.2) is 54.3 Å². The summed E-state index contributed by atoms with van der Waals surface area (Å²) in [6.45, 7) is 9.15. The van der Waals surface area contributed by atoms with Crippen LogP contribution in [0.1, 0.15) is 40.5 Å². The van der Waals surface area contributed by atoms with Crippen molar-refractivity contribution < 1.29 is 0 Å². The van der Waals surface area contributed by atoms with Crippen LogP contribution in [0.2, 0.25) is 0 Å². The van der Waals surface area contributed by atoms with E-state index in [9.17, 15) is 0 Å². The molecular weight excluding hydrogens is 464 g/mol. The van der Waals surface area contributed by atoms with Crippen molar-refractivity contribution >= 4 is 48.5 Å². The molecule has 0 unspecified atom stereocenters. The van der Waals surface area contributed by atoms with Crippen LogP contribution >= 0.6 is 22.7 Å². The molecule has 4 aromatic heterocycles. The van der Waals surface area contributed by atoms with Gasteiger partial charge in [-0.2, -0.15) is 5.10 Å². The average Bonchev–Trinajstić information content (AvgIpc) is 3.53. The zero-order chi connectivity index (χ0) is 23.7. The molecule has 0 radical (unpaired) electrons. The Labute approximate surface area is 205 Å². The molecule has 10 heteroatoms. The normalized spacial score (nSPS) is 18.1. The molecule has 0 saturated carbocycles. The van der Waals surface area contributed by atoms with Gasteiger partial charge in [-0.25, -0.2) is 15.0 Å². The summed E-state index contributed by atoms with van der Waals surface area (Å²) in [5, 5.41) is 12.7. The molecule has 8 nitrogen and oxygen atoms in total. The second kappa shape index (κ2) is 7.59. The molecule has 5 aromatic rings. The summed E-state index contributed by atoms with van der Waals surface area (Å²) in [5.74, 6) is 0. The molecule has 1 aliphatic rings. The first-order valence-electron chi connectivity index (χ1n) is 11.4. The summed E-state index contributed by atoms with van der Waals surface area (Å²) in [7, 11) is 2.17. The number of hydrogen-bond donors (Lipinski definition) is 3. The summed E-state index contributed by atoms with van der Waals surface area (Å²) < 4.78 is 0. The number of thiazole rings is 2. The second-order valence-electron chi connectivity index (χ2n) is 10.5. The van der Waals surface area contributed by atoms with E-state index in [1.807, 2.05) is 12.4 Å². The SMILES string of the molecule is CN(c1nc2sc(-c3ccc(-c4cn[nH]c4)c4[nH]cnc34)nc2s1)C1CC(C)(C)NC(C)(C)C1. The van der Waals surface area contributed by atoms with Gasteiger partial charge in [0.2, 0.25) is 0 Å². The predicted octanol–water partition coefficient (Wildman–Crippen LogP) is 5.43. The summed E-state index contributed by atoms with van der Waals surface area (Å²) in [5.41, 5.74) is 5.21. The van der Waals surface area contributed by atoms with Gasteiger partial charge in [0.15, 0.2) is 14.8 Å². The number of aromatic amines is 2. The van der Waals surface area contributed by atoms with Crippen LogP contribution in [0.15, 0.2) is 30.9 Å². The highest BCUT2D eigenvalue weighted by molar-refractivity contribution is 7.29. The second-order valence-corrected chi connectivity index (χ2v) is 12.4. The molecule has 0 aliphatic carbocycles. The average molecular weight is 493 g/mol. The number of fused-ring (bicyclic) bond motifs is 2. The maximum absolute atomic E-state index is 4.99. The van der Waals surface area contributed by atoms with Crippen LogP contribution in [0.3, 0.4) is 0 Å². The molecule has 0 bridgehead atoms. The van der Waals surface area contributed by atoms with E-state index < -0.39 is 0 Å². The lowest BCUT2D eigenvalue weighted by Gasteiger charge is -2.48. The first kappa shape index (κ1) is 21.7. The fraction of sp³-hybridized carbons (Fsp3) is 0.417. The lowest BCUT2D eigenvalue weighted by atomic mass is 9.79. The van der Waals surface area contributed by atoms with Crippen molar-refractivity contribution in [2.45, 2.75) is 57.7 Å². The summed E-state index contributed by atoms with van der Waals surface area (Å²) >= 11 is 3.31. The Balaban J connectivity index is 1.32. The topological polar surface area (TPSA) is 98.4 Å². The first-order chi connectivity index (χ1) is 16.2. The van der Waals surface area contributed by atoms with Crippen molar-refractivity contribution in [2.75, 3.05) is 11.9 Å². The first-order valence-corrected chi connectivity index (χ1v) is 13.1. The maximum Gasteiger partial charge on any atom is 0.188 e. The van der Waals surface area contributed by atoms with Gasteiger partial charge in [-0.1, -0.05) is 28.7 Å². The summed E-state index contributed by atoms with van der Waals surface area (Å²) in [6.07, 6.45) is 7.61. The van der Waals surface area contributed by atoms with E-state index in [1.54, 1.807) is 29.0 Å². The van der Waals surface area contributed by atoms with Crippen LogP contribution in [0, 0.1) is 0 Å². The van der Waals surface area contributed by atoms with E-state index in [2.05, 4.69) is 77.3 Å². The highest BCUT2D eigenvalue weighted by atomic mass is 32.1. The summed E-state index contributed by atoms with van der Waals surface area (Å²) in [4.78, 5) is 22.2. The third-order valence-electron chi connectivity index (χ3n) is 6.60. The number of nitrogens with one attached hydrogen (secondary N) is 3. The highest BCUT2D eigenvalue weighted by Crippen LogP contribution is 2.41. The van der Waals surface area contributed by atoms with Crippen LogP contribution in [0.25, 0.3) is 42.4 Å². The minimum Gasteiger partial charge on any atom is -0.348 e. The van der Waals surface area contributed by atoms with E-state index in [4.69, 9.17) is 9.97 Å². The Morgan fingerprint density at radius 3 is 2.44 bits per heavy atom. The smallest absolute Gasteiger partial charge is 0.188 e. The number of aromatic nitrogens is 6. The van der Waals surface area contributed by atoms with E-state index in [0.717, 1.165) is 60.4 Å². The van der Waals surface area contributed by atoms with Gasteiger partial charge in [-0.15, -0.1) is 0 Å². The molecule has 5 heterocycles. The Bertz CT molecular complexity index is 1430. The van der Waals surface area contributed by atoms with Gasteiger partial charge in [0.1, 0.15) is 5.01 Å². The van der Waals surface area contributed by atoms with Gasteiger partial charge in [-0.05, 0) is 46.6 Å². The fourth-order valence-corrected chi connectivity index (χ4v) is 7.54. The van der Waals surface area contributed by atoms with Crippen molar-refractivity contribution in [2.24, 2.45) is 0 Å². The van der Waals surface area contributed by atoms with Gasteiger partial charge in [0.05, 0.1) is 23.6 Å². The minimum absolute atomic E-state index is 0.0955. The minimum atomic E-state index is 0.0955. The number of imidazole rings is 1. The molecule has 1 fully saturated rings. The molecule has 1 aliphatic heterocycles. The zero-order valence-corrected chi connectivity index (χ0v) is 21.6. The molecule has 6 rings (SSSR count). The van der Waals surface area contributed by atoms with Crippen molar-refractivity contribution in [3.63, 3.8) is 0 Å². The van der Waals surface area contributed by atoms with Gasteiger partial charge in [0, 0.05) is 47.1 Å². The maximum atomic E-state index is 4.99. The fourth-order valence-electron chi connectivity index (χ4n) is 5.44. The highest BCUT2D eigenvalue weighted by Gasteiger charge is 2.39. The molecule has 0 spiro atoms. The quantitative estimate of drug-likeness (QED) is 0.309. The van der Waals surface area contributed by atoms with Crippen LogP contribution in [0.5, 0.6) is 0 Å². The molecule has 34 heavy (non-hydrogen) atoms. The van der Waals surface area contributed by atoms with Crippen molar-refractivity contribution in [1.82, 2.24) is 35.5 Å². The van der Waals surface area contributed by atoms with E-state index in [0.29, 0.717) is 6.04 Å². The number of anilines is 1. The van der Waals surface area contributed by atoms with E-state index in [-0.39, 0.29) is 11.1 Å². The molecule has 3 N–H and O–H groups in total. The zero-order valence-electron chi connectivity index (χ0n) is 19.9. The van der Waals surface area contributed by atoms with Crippen LogP contribution in [0.4, 0.5) is 5.13 Å². The Morgan fingerprint density at radius 1 is 1.00 bits per heavy atom. The van der Waals surface area contributed by atoms with Gasteiger partial charge in [-0.3, -0.25) is 5.10 Å². The summed E-state index contributed by atoms with van der Waals surface area (Å²) in [6, 6.07) is 4.63. The van der Waals surface area contributed by atoms with Gasteiger partial charge >= 0.3 is 0 Å². The molecule has 1 saturated heterocycles. The standard InChI is InChI=1S/C24H28N8S2/c1-23(2)8-14(9-24(3,4)31-23)32(5)22-30-21-20(34-22)29-19(33-21)16-7-6-15(13-10-27-28-11-13)17-18(16)26-12-25-17/h6-7,10-12,14,31H,8-9H2,1-5H3,(H,25,26)(H,27,28). The third kappa shape index (κ3) is 3.70. The van der Waals surface area contributed by atoms with Crippen LogP contribution < -0.4 is 10.2 Å². The van der Waals surface area contributed by atoms with Crippen LogP contribution in [-0.2, 0) is 0 Å². The van der Waals surface area contributed by atoms with Crippen molar-refractivity contribution in [3.05, 3.63) is 30.9 Å². The van der Waals surface area contributed by atoms with Gasteiger partial charge < -0.3 is 15.2 Å². The number of rotatable bonds is 4. The molecular formula is C24H28N8S2. The molecule has 1 aromatic carbocycles. The van der Waals surface area contributed by atoms with Gasteiger partial charge in [0.25, 0.3) is 0 Å². The number of benzene rings is 1.